The highest BCUT2D eigenvalue weighted by Gasteiger charge is 2.17. The zero-order valence-corrected chi connectivity index (χ0v) is 31.4. The van der Waals surface area contributed by atoms with Crippen LogP contribution in [0.1, 0.15) is 0 Å². The number of anilines is 3. The van der Waals surface area contributed by atoms with Gasteiger partial charge in [-0.1, -0.05) is 133 Å². The fourth-order valence-electron chi connectivity index (χ4n) is 8.12. The highest BCUT2D eigenvalue weighted by atomic mass is 32.1. The first-order valence-electron chi connectivity index (χ1n) is 18.7. The smallest absolute Gasteiger partial charge is 0.0467 e. The van der Waals surface area contributed by atoms with Crippen LogP contribution in [-0.2, 0) is 0 Å². The largest absolute Gasteiger partial charge is 0.310 e. The molecule has 2 heterocycles. The highest BCUT2D eigenvalue weighted by Crippen LogP contribution is 2.43. The standard InChI is InChI=1S/C52H33NS2/c1-2-10-34(11-3-1)35-22-26-41(27-23-35)53(43-13-8-12-39(31-43)44-16-9-17-47-45-14-4-7-19-50(45)55-52(44)47)42-28-24-36(25-29-42)37-20-21-38-33-51-48(32-40(38)30-37)46-15-5-6-18-49(46)54-51/h1-33H. The molecule has 0 fully saturated rings. The van der Waals surface area contributed by atoms with Crippen LogP contribution in [0, 0.1) is 0 Å². The van der Waals surface area contributed by atoms with Crippen molar-refractivity contribution in [3.05, 3.63) is 200 Å². The molecule has 0 saturated carbocycles. The third-order valence-corrected chi connectivity index (χ3v) is 13.2. The Morgan fingerprint density at radius 1 is 0.291 bits per heavy atom. The first-order valence-corrected chi connectivity index (χ1v) is 20.3. The molecule has 11 aromatic rings. The Morgan fingerprint density at radius 3 is 1.64 bits per heavy atom. The molecule has 11 rings (SSSR count). The van der Waals surface area contributed by atoms with Crippen molar-refractivity contribution in [1.29, 1.82) is 0 Å². The van der Waals surface area contributed by atoms with Crippen LogP contribution in [0.3, 0.4) is 0 Å². The minimum absolute atomic E-state index is 1.11. The van der Waals surface area contributed by atoms with Gasteiger partial charge in [-0.2, -0.15) is 0 Å². The van der Waals surface area contributed by atoms with Crippen LogP contribution in [0.15, 0.2) is 200 Å². The summed E-state index contributed by atoms with van der Waals surface area (Å²) in [6, 6.07) is 73.4. The van der Waals surface area contributed by atoms with Gasteiger partial charge in [-0.25, -0.2) is 0 Å². The molecule has 0 aliphatic heterocycles. The SMILES string of the molecule is c1ccc(-c2ccc(N(c3ccc(-c4ccc5cc6sc7ccccc7c6cc5c4)cc3)c3cccc(-c4cccc5c4sc4ccccc45)c3)cc2)cc1. The third-order valence-electron chi connectivity index (χ3n) is 10.8. The first kappa shape index (κ1) is 32.0. The lowest BCUT2D eigenvalue weighted by atomic mass is 9.99. The van der Waals surface area contributed by atoms with Gasteiger partial charge in [-0.3, -0.25) is 0 Å². The zero-order valence-electron chi connectivity index (χ0n) is 29.8. The van der Waals surface area contributed by atoms with Crippen molar-refractivity contribution in [2.45, 2.75) is 0 Å². The minimum Gasteiger partial charge on any atom is -0.310 e. The van der Waals surface area contributed by atoms with Gasteiger partial charge >= 0.3 is 0 Å². The quantitative estimate of drug-likeness (QED) is 0.164. The Balaban J connectivity index is 1.00. The van der Waals surface area contributed by atoms with E-state index in [0.29, 0.717) is 0 Å². The molecule has 0 aliphatic rings. The van der Waals surface area contributed by atoms with Gasteiger partial charge in [0.15, 0.2) is 0 Å². The molecule has 0 spiro atoms. The lowest BCUT2D eigenvalue weighted by Gasteiger charge is -2.26. The number of hydrogen-bond acceptors (Lipinski definition) is 3. The summed E-state index contributed by atoms with van der Waals surface area (Å²) in [4.78, 5) is 2.38. The molecule has 0 unspecified atom stereocenters. The van der Waals surface area contributed by atoms with Gasteiger partial charge in [-0.15, -0.1) is 22.7 Å². The highest BCUT2D eigenvalue weighted by molar-refractivity contribution is 7.26. The van der Waals surface area contributed by atoms with E-state index in [1.165, 1.54) is 84.5 Å². The molecule has 0 atom stereocenters. The second-order valence-electron chi connectivity index (χ2n) is 14.1. The van der Waals surface area contributed by atoms with Crippen LogP contribution in [0.4, 0.5) is 17.1 Å². The average Bonchev–Trinajstić information content (AvgIpc) is 3.82. The van der Waals surface area contributed by atoms with Gasteiger partial charge in [-0.05, 0) is 111 Å². The summed E-state index contributed by atoms with van der Waals surface area (Å²) in [5, 5.41) is 7.84. The summed E-state index contributed by atoms with van der Waals surface area (Å²) in [7, 11) is 0. The van der Waals surface area contributed by atoms with Gasteiger partial charge in [0.2, 0.25) is 0 Å². The molecule has 3 heteroatoms. The first-order chi connectivity index (χ1) is 27.2. The summed E-state index contributed by atoms with van der Waals surface area (Å²) < 4.78 is 5.33. The molecule has 1 nitrogen and oxygen atoms in total. The molecule has 55 heavy (non-hydrogen) atoms. The van der Waals surface area contributed by atoms with Gasteiger partial charge < -0.3 is 4.90 Å². The number of nitrogens with zero attached hydrogens (tertiary/aromatic N) is 1. The van der Waals surface area contributed by atoms with E-state index in [0.717, 1.165) is 17.1 Å². The molecule has 0 radical (unpaired) electrons. The van der Waals surface area contributed by atoms with E-state index in [4.69, 9.17) is 0 Å². The lowest BCUT2D eigenvalue weighted by Crippen LogP contribution is -2.10. The predicted molar refractivity (Wildman–Crippen MR) is 241 cm³/mol. The maximum atomic E-state index is 2.38. The van der Waals surface area contributed by atoms with Crippen LogP contribution >= 0.6 is 22.7 Å². The Labute approximate surface area is 327 Å². The van der Waals surface area contributed by atoms with Crippen LogP contribution in [0.25, 0.3) is 84.5 Å². The van der Waals surface area contributed by atoms with E-state index in [1.807, 2.05) is 22.7 Å². The van der Waals surface area contributed by atoms with Crippen molar-refractivity contribution in [3.63, 3.8) is 0 Å². The topological polar surface area (TPSA) is 3.24 Å². The minimum atomic E-state index is 1.11. The molecule has 9 aromatic carbocycles. The molecule has 0 bridgehead atoms. The van der Waals surface area contributed by atoms with Crippen molar-refractivity contribution in [2.75, 3.05) is 4.90 Å². The second-order valence-corrected chi connectivity index (χ2v) is 16.3. The maximum absolute atomic E-state index is 2.38. The van der Waals surface area contributed by atoms with E-state index >= 15 is 0 Å². The number of rotatable bonds is 6. The summed E-state index contributed by atoms with van der Waals surface area (Å²) in [5.74, 6) is 0. The predicted octanol–water partition coefficient (Wildman–Crippen LogP) is 16.0. The third kappa shape index (κ3) is 5.60. The summed E-state index contributed by atoms with van der Waals surface area (Å²) in [6.45, 7) is 0. The molecule has 0 N–H and O–H groups in total. The maximum Gasteiger partial charge on any atom is 0.0467 e. The van der Waals surface area contributed by atoms with E-state index in [2.05, 4.69) is 205 Å². The lowest BCUT2D eigenvalue weighted by molar-refractivity contribution is 1.28. The van der Waals surface area contributed by atoms with Crippen molar-refractivity contribution < 1.29 is 0 Å². The number of fused-ring (bicyclic) bond motifs is 7. The Kier molecular flexibility index (Phi) is 7.61. The Bertz CT molecular complexity index is 3190. The second kappa shape index (κ2) is 13.1. The molecule has 0 amide bonds. The fraction of sp³-hybridized carbons (Fsp3) is 0. The van der Waals surface area contributed by atoms with Crippen molar-refractivity contribution in [3.8, 4) is 33.4 Å². The normalized spacial score (nSPS) is 11.6. The van der Waals surface area contributed by atoms with E-state index < -0.39 is 0 Å². The molecule has 0 aliphatic carbocycles. The van der Waals surface area contributed by atoms with Gasteiger partial charge in [0.05, 0.1) is 0 Å². The monoisotopic (exact) mass is 735 g/mol. The fourth-order valence-corrected chi connectivity index (χ4v) is 10.5. The molecule has 0 saturated heterocycles. The summed E-state index contributed by atoms with van der Waals surface area (Å²) in [5.41, 5.74) is 10.7. The van der Waals surface area contributed by atoms with E-state index in [9.17, 15) is 0 Å². The number of benzene rings is 9. The van der Waals surface area contributed by atoms with Crippen LogP contribution in [0.2, 0.25) is 0 Å². The molecule has 258 valence electrons. The summed E-state index contributed by atoms with van der Waals surface area (Å²) in [6.07, 6.45) is 0. The molecular weight excluding hydrogens is 703 g/mol. The van der Waals surface area contributed by atoms with Crippen LogP contribution in [-0.4, -0.2) is 0 Å². The Hall–Kier alpha value is -6.52. The van der Waals surface area contributed by atoms with Crippen LogP contribution < -0.4 is 4.90 Å². The number of hydrogen-bond donors (Lipinski definition) is 0. The molecule has 2 aromatic heterocycles. The summed E-state index contributed by atoms with van der Waals surface area (Å²) >= 11 is 3.75. The average molecular weight is 736 g/mol. The van der Waals surface area contributed by atoms with Gasteiger partial charge in [0, 0.05) is 57.4 Å². The van der Waals surface area contributed by atoms with Crippen molar-refractivity contribution >= 4 is 90.9 Å². The van der Waals surface area contributed by atoms with E-state index in [1.54, 1.807) is 0 Å². The van der Waals surface area contributed by atoms with Gasteiger partial charge in [0.1, 0.15) is 0 Å². The number of thiophene rings is 2. The molecular formula is C52H33NS2. The van der Waals surface area contributed by atoms with Crippen molar-refractivity contribution in [2.24, 2.45) is 0 Å². The van der Waals surface area contributed by atoms with Crippen molar-refractivity contribution in [1.82, 2.24) is 0 Å². The van der Waals surface area contributed by atoms with Gasteiger partial charge in [0.25, 0.3) is 0 Å². The van der Waals surface area contributed by atoms with Crippen LogP contribution in [0.5, 0.6) is 0 Å². The van der Waals surface area contributed by atoms with E-state index in [-0.39, 0.29) is 0 Å². The Morgan fingerprint density at radius 2 is 0.873 bits per heavy atom. The zero-order chi connectivity index (χ0) is 36.3.